The monoisotopic (exact) mass is 131 g/mol. The number of nitrogens with zero attached hydrogens (tertiary/aromatic N) is 1. The van der Waals surface area contributed by atoms with Crippen molar-refractivity contribution in [3.8, 4) is 0 Å². The van der Waals surface area contributed by atoms with Gasteiger partial charge in [-0.1, -0.05) is 0 Å². The highest BCUT2D eigenvalue weighted by molar-refractivity contribution is 7.99. The second-order valence-corrected chi connectivity index (χ2v) is 3.24. The van der Waals surface area contributed by atoms with E-state index in [1.54, 1.807) is 0 Å². The normalized spacial score (nSPS) is 38.2. The third-order valence-corrected chi connectivity index (χ3v) is 2.79. The van der Waals surface area contributed by atoms with E-state index in [9.17, 15) is 0 Å². The fourth-order valence-corrected chi connectivity index (χ4v) is 2.32. The molecule has 0 aliphatic carbocycles. The van der Waals surface area contributed by atoms with E-state index < -0.39 is 0 Å². The van der Waals surface area contributed by atoms with E-state index in [0.29, 0.717) is 0 Å². The molecule has 0 amide bonds. The first-order valence-electron chi connectivity index (χ1n) is 2.86. The van der Waals surface area contributed by atoms with Gasteiger partial charge in [-0.3, -0.25) is 4.90 Å². The second-order valence-electron chi connectivity index (χ2n) is 2.24. The molecule has 2 aliphatic rings. The number of rotatable bonds is 0. The molecule has 0 saturated carbocycles. The summed E-state index contributed by atoms with van der Waals surface area (Å²) in [4.78, 5) is 2.38. The minimum atomic E-state index is 0.750. The van der Waals surface area contributed by atoms with Crippen LogP contribution < -0.4 is 0 Å². The maximum atomic E-state index is 5.22. The quantitative estimate of drug-likeness (QED) is 0.470. The van der Waals surface area contributed by atoms with Crippen LogP contribution in [0.25, 0.3) is 0 Å². The minimum absolute atomic E-state index is 0.750. The lowest BCUT2D eigenvalue weighted by Gasteiger charge is -2.07. The Bertz CT molecular complexity index is 78.4. The molecule has 0 bridgehead atoms. The molecule has 2 rings (SSSR count). The van der Waals surface area contributed by atoms with Gasteiger partial charge in [0.2, 0.25) is 0 Å². The maximum Gasteiger partial charge on any atom is 0.100 e. The van der Waals surface area contributed by atoms with Gasteiger partial charge in [-0.25, -0.2) is 0 Å². The van der Waals surface area contributed by atoms with Crippen molar-refractivity contribution in [3.05, 3.63) is 0 Å². The SMILES string of the molecule is C1OCN2CSCC12. The van der Waals surface area contributed by atoms with Crippen molar-refractivity contribution in [2.75, 3.05) is 25.0 Å². The molecule has 3 heteroatoms. The van der Waals surface area contributed by atoms with Gasteiger partial charge >= 0.3 is 0 Å². The van der Waals surface area contributed by atoms with Crippen molar-refractivity contribution in [2.24, 2.45) is 0 Å². The van der Waals surface area contributed by atoms with E-state index in [4.69, 9.17) is 4.74 Å². The zero-order valence-corrected chi connectivity index (χ0v) is 5.49. The Labute approximate surface area is 53.2 Å². The predicted molar refractivity (Wildman–Crippen MR) is 33.8 cm³/mol. The molecule has 46 valence electrons. The summed E-state index contributed by atoms with van der Waals surface area (Å²) >= 11 is 2.01. The van der Waals surface area contributed by atoms with Crippen molar-refractivity contribution in [1.29, 1.82) is 0 Å². The topological polar surface area (TPSA) is 12.5 Å². The molecule has 1 unspecified atom stereocenters. The predicted octanol–water partition coefficient (Wildman–Crippen LogP) is 0.349. The van der Waals surface area contributed by atoms with Crippen molar-refractivity contribution in [2.45, 2.75) is 6.04 Å². The molecule has 0 spiro atoms. The third-order valence-electron chi connectivity index (χ3n) is 1.65. The van der Waals surface area contributed by atoms with E-state index in [-0.39, 0.29) is 0 Å². The van der Waals surface area contributed by atoms with Gasteiger partial charge in [-0.05, 0) is 0 Å². The van der Waals surface area contributed by atoms with Crippen LogP contribution in [0.1, 0.15) is 0 Å². The van der Waals surface area contributed by atoms with Crippen LogP contribution >= 0.6 is 11.8 Å². The summed E-state index contributed by atoms with van der Waals surface area (Å²) in [5, 5.41) is 0. The summed E-state index contributed by atoms with van der Waals surface area (Å²) < 4.78 is 5.22. The molecule has 1 atom stereocenters. The lowest BCUT2D eigenvalue weighted by molar-refractivity contribution is 0.151. The molecular weight excluding hydrogens is 122 g/mol. The van der Waals surface area contributed by atoms with Crippen LogP contribution in [-0.4, -0.2) is 35.9 Å². The summed E-state index contributed by atoms with van der Waals surface area (Å²) in [6.45, 7) is 1.84. The average Bonchev–Trinajstić information content (AvgIpc) is 2.15. The molecule has 0 N–H and O–H groups in total. The summed E-state index contributed by atoms with van der Waals surface area (Å²) in [5.74, 6) is 2.46. The number of hydrogen-bond acceptors (Lipinski definition) is 3. The highest BCUT2D eigenvalue weighted by Gasteiger charge is 2.29. The Morgan fingerprint density at radius 1 is 1.62 bits per heavy atom. The van der Waals surface area contributed by atoms with Crippen molar-refractivity contribution >= 4 is 11.8 Å². The molecular formula is C5H9NOS. The van der Waals surface area contributed by atoms with Crippen molar-refractivity contribution < 1.29 is 4.74 Å². The average molecular weight is 131 g/mol. The van der Waals surface area contributed by atoms with Crippen LogP contribution in [-0.2, 0) is 4.74 Å². The standard InChI is InChI=1S/C5H9NOS/c1-5-2-8-4-6(5)3-7-1/h5H,1-4H2. The van der Waals surface area contributed by atoms with Gasteiger partial charge in [-0.15, -0.1) is 11.8 Å². The summed E-state index contributed by atoms with van der Waals surface area (Å²) in [5.41, 5.74) is 0. The van der Waals surface area contributed by atoms with E-state index in [1.165, 1.54) is 11.6 Å². The molecule has 2 saturated heterocycles. The fourth-order valence-electron chi connectivity index (χ4n) is 1.12. The van der Waals surface area contributed by atoms with Gasteiger partial charge < -0.3 is 4.74 Å². The van der Waals surface area contributed by atoms with Crippen LogP contribution in [0.2, 0.25) is 0 Å². The maximum absolute atomic E-state index is 5.22. The second kappa shape index (κ2) is 1.90. The molecule has 0 radical (unpaired) electrons. The number of ether oxygens (including phenoxy) is 1. The summed E-state index contributed by atoms with van der Waals surface area (Å²) in [6, 6.07) is 0.750. The summed E-state index contributed by atoms with van der Waals surface area (Å²) in [7, 11) is 0. The van der Waals surface area contributed by atoms with Gasteiger partial charge in [0, 0.05) is 17.7 Å². The highest BCUT2D eigenvalue weighted by atomic mass is 32.2. The lowest BCUT2D eigenvalue weighted by Crippen LogP contribution is -2.24. The van der Waals surface area contributed by atoms with Crippen LogP contribution in [0.5, 0.6) is 0 Å². The van der Waals surface area contributed by atoms with E-state index in [2.05, 4.69) is 4.90 Å². The number of fused-ring (bicyclic) bond motifs is 1. The van der Waals surface area contributed by atoms with Gasteiger partial charge in [0.15, 0.2) is 0 Å². The van der Waals surface area contributed by atoms with E-state index in [1.807, 2.05) is 11.8 Å². The molecule has 0 aromatic carbocycles. The first-order chi connectivity index (χ1) is 3.97. The van der Waals surface area contributed by atoms with Crippen LogP contribution in [0.3, 0.4) is 0 Å². The van der Waals surface area contributed by atoms with Crippen molar-refractivity contribution in [3.63, 3.8) is 0 Å². The smallest absolute Gasteiger partial charge is 0.100 e. The Morgan fingerprint density at radius 2 is 2.62 bits per heavy atom. The molecule has 0 aromatic rings. The van der Waals surface area contributed by atoms with Gasteiger partial charge in [0.05, 0.1) is 6.61 Å². The third kappa shape index (κ3) is 0.658. The Morgan fingerprint density at radius 3 is 3.50 bits per heavy atom. The minimum Gasteiger partial charge on any atom is -0.364 e. The van der Waals surface area contributed by atoms with Crippen LogP contribution in [0, 0.1) is 0 Å². The largest absolute Gasteiger partial charge is 0.364 e. The molecule has 2 nitrogen and oxygen atoms in total. The Balaban J connectivity index is 2.04. The van der Waals surface area contributed by atoms with E-state index in [0.717, 1.165) is 19.4 Å². The fraction of sp³-hybridized carbons (Fsp3) is 1.00. The van der Waals surface area contributed by atoms with Gasteiger partial charge in [-0.2, -0.15) is 0 Å². The summed E-state index contributed by atoms with van der Waals surface area (Å²) in [6.07, 6.45) is 0. The van der Waals surface area contributed by atoms with Crippen LogP contribution in [0.15, 0.2) is 0 Å². The highest BCUT2D eigenvalue weighted by Crippen LogP contribution is 2.24. The Hall–Kier alpha value is 0.270. The molecule has 2 heterocycles. The van der Waals surface area contributed by atoms with Crippen LogP contribution in [0.4, 0.5) is 0 Å². The number of thioether (sulfide) groups is 1. The zero-order valence-electron chi connectivity index (χ0n) is 4.67. The molecule has 8 heavy (non-hydrogen) atoms. The Kier molecular flexibility index (Phi) is 1.21. The van der Waals surface area contributed by atoms with Gasteiger partial charge in [0.25, 0.3) is 0 Å². The van der Waals surface area contributed by atoms with Gasteiger partial charge in [0.1, 0.15) is 6.73 Å². The molecule has 2 aliphatic heterocycles. The number of hydrogen-bond donors (Lipinski definition) is 0. The zero-order chi connectivity index (χ0) is 5.40. The first-order valence-corrected chi connectivity index (χ1v) is 4.02. The lowest BCUT2D eigenvalue weighted by atomic mass is 10.4. The molecule has 2 fully saturated rings. The van der Waals surface area contributed by atoms with E-state index >= 15 is 0 Å². The molecule has 0 aromatic heterocycles. The van der Waals surface area contributed by atoms with Crippen molar-refractivity contribution in [1.82, 2.24) is 4.90 Å². The first kappa shape index (κ1) is 5.09.